The molecular weight excluding hydrogens is 328 g/mol. The molecule has 1 atom stereocenters. The quantitative estimate of drug-likeness (QED) is 0.642. The zero-order chi connectivity index (χ0) is 15.4. The van der Waals surface area contributed by atoms with Gasteiger partial charge in [-0.3, -0.25) is 4.79 Å². The molecule has 0 aliphatic rings. The zero-order valence-corrected chi connectivity index (χ0v) is 14.0. The first-order chi connectivity index (χ1) is 9.99. The number of carbonyl (C=O) groups excluding carboxylic acids is 1. The summed E-state index contributed by atoms with van der Waals surface area (Å²) in [6.45, 7) is 3.82. The number of hydrogen-bond donors (Lipinski definition) is 2. The predicted molar refractivity (Wildman–Crippen MR) is 89.1 cm³/mol. The van der Waals surface area contributed by atoms with Crippen molar-refractivity contribution in [3.8, 4) is 0 Å². The molecule has 5 nitrogen and oxygen atoms in total. The van der Waals surface area contributed by atoms with Crippen molar-refractivity contribution in [3.05, 3.63) is 29.0 Å². The Balaban J connectivity index is 1.97. The number of thioether (sulfide) groups is 1. The summed E-state index contributed by atoms with van der Waals surface area (Å²) >= 11 is 8.55. The Morgan fingerprint density at radius 3 is 2.95 bits per heavy atom. The van der Waals surface area contributed by atoms with Gasteiger partial charge >= 0.3 is 0 Å². The number of carbonyl (C=O) groups is 1. The van der Waals surface area contributed by atoms with Crippen LogP contribution in [-0.4, -0.2) is 20.5 Å². The van der Waals surface area contributed by atoms with Crippen LogP contribution in [0.4, 0.5) is 11.4 Å². The van der Waals surface area contributed by atoms with Gasteiger partial charge in [0.15, 0.2) is 4.34 Å². The van der Waals surface area contributed by atoms with E-state index in [4.69, 9.17) is 17.3 Å². The Morgan fingerprint density at radius 2 is 2.33 bits per heavy atom. The highest BCUT2D eigenvalue weighted by Crippen LogP contribution is 2.27. The van der Waals surface area contributed by atoms with Crippen LogP contribution in [0.25, 0.3) is 0 Å². The number of halogens is 1. The summed E-state index contributed by atoms with van der Waals surface area (Å²) in [6.07, 6.45) is 0.793. The standard InChI is InChI=1S/C13H15ClN4OS2/c1-3-11-17-13(21-18-11)20-7(2)12(19)16-8-4-5-9(14)10(15)6-8/h4-7H,3,15H2,1-2H3,(H,16,19). The Morgan fingerprint density at radius 1 is 1.57 bits per heavy atom. The highest BCUT2D eigenvalue weighted by Gasteiger charge is 2.17. The van der Waals surface area contributed by atoms with E-state index >= 15 is 0 Å². The van der Waals surface area contributed by atoms with Crippen molar-refractivity contribution in [2.75, 3.05) is 11.1 Å². The van der Waals surface area contributed by atoms with E-state index < -0.39 is 0 Å². The van der Waals surface area contributed by atoms with Crippen LogP contribution in [0.15, 0.2) is 22.5 Å². The molecule has 0 radical (unpaired) electrons. The number of aryl methyl sites for hydroxylation is 1. The maximum atomic E-state index is 12.1. The topological polar surface area (TPSA) is 80.9 Å². The average Bonchev–Trinajstić information content (AvgIpc) is 2.90. The second-order valence-corrected chi connectivity index (χ2v) is 7.06. The van der Waals surface area contributed by atoms with E-state index in [0.717, 1.165) is 16.6 Å². The Kier molecular flexibility index (Phi) is 5.44. The number of aromatic nitrogens is 2. The predicted octanol–water partition coefficient (Wildman–Crippen LogP) is 3.46. The van der Waals surface area contributed by atoms with Crippen LogP contribution in [-0.2, 0) is 11.2 Å². The van der Waals surface area contributed by atoms with Crippen molar-refractivity contribution in [2.45, 2.75) is 29.9 Å². The van der Waals surface area contributed by atoms with Crippen molar-refractivity contribution < 1.29 is 4.79 Å². The van der Waals surface area contributed by atoms with Crippen molar-refractivity contribution in [1.29, 1.82) is 0 Å². The third kappa shape index (κ3) is 4.33. The number of nitrogen functional groups attached to an aromatic ring is 1. The van der Waals surface area contributed by atoms with Gasteiger partial charge in [0.25, 0.3) is 0 Å². The molecule has 0 saturated carbocycles. The first-order valence-corrected chi connectivity index (χ1v) is 8.37. The second-order valence-electron chi connectivity index (χ2n) is 4.32. The Hall–Kier alpha value is -1.31. The zero-order valence-electron chi connectivity index (χ0n) is 11.6. The van der Waals surface area contributed by atoms with Gasteiger partial charge in [-0.2, -0.15) is 4.37 Å². The fourth-order valence-electron chi connectivity index (χ4n) is 1.50. The maximum absolute atomic E-state index is 12.1. The summed E-state index contributed by atoms with van der Waals surface area (Å²) in [7, 11) is 0. The van der Waals surface area contributed by atoms with E-state index in [2.05, 4.69) is 14.7 Å². The molecule has 1 amide bonds. The van der Waals surface area contributed by atoms with E-state index in [1.54, 1.807) is 18.2 Å². The van der Waals surface area contributed by atoms with Crippen LogP contribution >= 0.6 is 34.9 Å². The largest absolute Gasteiger partial charge is 0.397 e. The molecule has 0 fully saturated rings. The van der Waals surface area contributed by atoms with Crippen molar-refractivity contribution in [2.24, 2.45) is 0 Å². The normalized spacial score (nSPS) is 12.1. The summed E-state index contributed by atoms with van der Waals surface area (Å²) in [6, 6.07) is 5.01. The number of benzene rings is 1. The lowest BCUT2D eigenvalue weighted by molar-refractivity contribution is -0.115. The first kappa shape index (κ1) is 16.1. The molecule has 0 aliphatic heterocycles. The fraction of sp³-hybridized carbons (Fsp3) is 0.308. The number of hydrogen-bond acceptors (Lipinski definition) is 6. The van der Waals surface area contributed by atoms with Crippen molar-refractivity contribution in [1.82, 2.24) is 9.36 Å². The molecule has 3 N–H and O–H groups in total. The number of nitrogens with one attached hydrogen (secondary N) is 1. The van der Waals surface area contributed by atoms with E-state index in [1.807, 2.05) is 13.8 Å². The molecular formula is C13H15ClN4OS2. The second kappa shape index (κ2) is 7.11. The smallest absolute Gasteiger partial charge is 0.237 e. The van der Waals surface area contributed by atoms with Crippen LogP contribution in [0.2, 0.25) is 5.02 Å². The molecule has 21 heavy (non-hydrogen) atoms. The Labute approximate surface area is 136 Å². The Bertz CT molecular complexity index is 647. The van der Waals surface area contributed by atoms with Crippen LogP contribution in [0, 0.1) is 0 Å². The van der Waals surface area contributed by atoms with Crippen LogP contribution < -0.4 is 11.1 Å². The molecule has 1 unspecified atom stereocenters. The highest BCUT2D eigenvalue weighted by molar-refractivity contribution is 8.02. The molecule has 0 aliphatic carbocycles. The van der Waals surface area contributed by atoms with Gasteiger partial charge in [0.05, 0.1) is 16.0 Å². The summed E-state index contributed by atoms with van der Waals surface area (Å²) in [4.78, 5) is 16.5. The molecule has 2 aromatic rings. The van der Waals surface area contributed by atoms with Gasteiger partial charge in [-0.25, -0.2) is 4.98 Å². The van der Waals surface area contributed by atoms with E-state index in [-0.39, 0.29) is 11.2 Å². The van der Waals surface area contributed by atoms with Crippen molar-refractivity contribution >= 4 is 52.2 Å². The maximum Gasteiger partial charge on any atom is 0.237 e. The summed E-state index contributed by atoms with van der Waals surface area (Å²) < 4.78 is 5.00. The molecule has 112 valence electrons. The van der Waals surface area contributed by atoms with Gasteiger partial charge in [0, 0.05) is 12.1 Å². The van der Waals surface area contributed by atoms with Gasteiger partial charge in [-0.05, 0) is 36.7 Å². The van der Waals surface area contributed by atoms with Crippen LogP contribution in [0.1, 0.15) is 19.7 Å². The molecule has 1 aromatic heterocycles. The minimum absolute atomic E-state index is 0.116. The number of anilines is 2. The molecule has 1 heterocycles. The summed E-state index contributed by atoms with van der Waals surface area (Å²) in [5.41, 5.74) is 6.77. The monoisotopic (exact) mass is 342 g/mol. The highest BCUT2D eigenvalue weighted by atomic mass is 35.5. The van der Waals surface area contributed by atoms with Crippen molar-refractivity contribution in [3.63, 3.8) is 0 Å². The lowest BCUT2D eigenvalue weighted by atomic mass is 10.2. The molecule has 2 rings (SSSR count). The lowest BCUT2D eigenvalue weighted by Crippen LogP contribution is -2.22. The molecule has 1 aromatic carbocycles. The van der Waals surface area contributed by atoms with Gasteiger partial charge in [0.2, 0.25) is 5.91 Å². The number of nitrogens with two attached hydrogens (primary N) is 1. The van der Waals surface area contributed by atoms with E-state index in [9.17, 15) is 4.79 Å². The first-order valence-electron chi connectivity index (χ1n) is 6.34. The third-order valence-electron chi connectivity index (χ3n) is 2.68. The van der Waals surface area contributed by atoms with Gasteiger partial charge in [0.1, 0.15) is 5.82 Å². The van der Waals surface area contributed by atoms with E-state index in [1.165, 1.54) is 23.3 Å². The molecule has 0 saturated heterocycles. The third-order valence-corrected chi connectivity index (χ3v) is 4.94. The van der Waals surface area contributed by atoms with Crippen LogP contribution in [0.5, 0.6) is 0 Å². The van der Waals surface area contributed by atoms with Gasteiger partial charge in [-0.15, -0.1) is 0 Å². The fourth-order valence-corrected chi connectivity index (χ4v) is 3.46. The van der Waals surface area contributed by atoms with E-state index in [0.29, 0.717) is 16.4 Å². The number of amides is 1. The summed E-state index contributed by atoms with van der Waals surface area (Å²) in [5, 5.41) is 3.00. The summed E-state index contributed by atoms with van der Waals surface area (Å²) in [5.74, 6) is 0.690. The van der Waals surface area contributed by atoms with Gasteiger partial charge in [-0.1, -0.05) is 30.3 Å². The van der Waals surface area contributed by atoms with Gasteiger partial charge < -0.3 is 11.1 Å². The molecule has 8 heteroatoms. The molecule has 0 spiro atoms. The SMILES string of the molecule is CCc1nsc(SC(C)C(=O)Nc2ccc(Cl)c(N)c2)n1. The lowest BCUT2D eigenvalue weighted by Gasteiger charge is -2.11. The number of nitrogens with zero attached hydrogens (tertiary/aromatic N) is 2. The minimum Gasteiger partial charge on any atom is -0.397 e. The minimum atomic E-state index is -0.278. The average molecular weight is 343 g/mol. The number of rotatable bonds is 5. The van der Waals surface area contributed by atoms with Crippen LogP contribution in [0.3, 0.4) is 0 Å². The molecule has 0 bridgehead atoms.